The molecule has 0 saturated heterocycles. The number of terminal acetylenes is 1. The predicted octanol–water partition coefficient (Wildman–Crippen LogP) is 2.60. The minimum atomic E-state index is 0.295. The van der Waals surface area contributed by atoms with Gasteiger partial charge in [0.25, 0.3) is 0 Å². The third kappa shape index (κ3) is 3.94. The smallest absolute Gasteiger partial charge is 0.108 e. The van der Waals surface area contributed by atoms with E-state index in [1.807, 2.05) is 6.20 Å². The molecule has 4 nitrogen and oxygen atoms in total. The Morgan fingerprint density at radius 3 is 2.70 bits per heavy atom. The molecule has 0 unspecified atom stereocenters. The second kappa shape index (κ2) is 6.88. The van der Waals surface area contributed by atoms with Crippen LogP contribution in [0.5, 0.6) is 0 Å². The lowest BCUT2D eigenvalue weighted by Gasteiger charge is -2.06. The van der Waals surface area contributed by atoms with Gasteiger partial charge < -0.3 is 4.74 Å². The Labute approximate surface area is 119 Å². The first kappa shape index (κ1) is 14.3. The number of hydrogen-bond acceptors (Lipinski definition) is 3. The molecule has 0 N–H and O–H groups in total. The van der Waals surface area contributed by atoms with Gasteiger partial charge in [0.05, 0.1) is 19.3 Å². The molecule has 0 amide bonds. The molecule has 1 aromatic carbocycles. The fourth-order valence-electron chi connectivity index (χ4n) is 1.89. The average Bonchev–Trinajstić information content (AvgIpc) is 2.87. The van der Waals surface area contributed by atoms with Crippen molar-refractivity contribution in [3.8, 4) is 12.3 Å². The van der Waals surface area contributed by atoms with Gasteiger partial charge in [-0.15, -0.1) is 11.5 Å². The quantitative estimate of drug-likeness (QED) is 0.598. The molecule has 0 spiro atoms. The van der Waals surface area contributed by atoms with Crippen LogP contribution < -0.4 is 0 Å². The first-order chi connectivity index (χ1) is 9.69. The van der Waals surface area contributed by atoms with Crippen LogP contribution >= 0.6 is 0 Å². The van der Waals surface area contributed by atoms with Crippen LogP contribution in [0.3, 0.4) is 0 Å². The van der Waals surface area contributed by atoms with Crippen LogP contribution in [-0.4, -0.2) is 21.6 Å². The van der Waals surface area contributed by atoms with Crippen molar-refractivity contribution in [1.82, 2.24) is 15.0 Å². The number of rotatable bonds is 6. The molecule has 0 saturated carbocycles. The van der Waals surface area contributed by atoms with Crippen LogP contribution in [-0.2, 0) is 17.9 Å². The van der Waals surface area contributed by atoms with Crippen molar-refractivity contribution in [2.24, 2.45) is 0 Å². The lowest BCUT2D eigenvalue weighted by Crippen LogP contribution is -2.00. The Hall–Kier alpha value is -2.12. The summed E-state index contributed by atoms with van der Waals surface area (Å²) in [4.78, 5) is 0. The number of ether oxygens (including phenoxy) is 1. The Balaban J connectivity index is 1.94. The zero-order valence-electron chi connectivity index (χ0n) is 11.9. The van der Waals surface area contributed by atoms with Crippen molar-refractivity contribution in [3.63, 3.8) is 0 Å². The second-order valence-electron chi connectivity index (χ2n) is 5.00. The summed E-state index contributed by atoms with van der Waals surface area (Å²) >= 11 is 0. The molecule has 20 heavy (non-hydrogen) atoms. The van der Waals surface area contributed by atoms with Gasteiger partial charge in [0.2, 0.25) is 0 Å². The maximum Gasteiger partial charge on any atom is 0.108 e. The molecule has 0 bridgehead atoms. The number of hydrogen-bond donors (Lipinski definition) is 0. The van der Waals surface area contributed by atoms with Gasteiger partial charge in [-0.1, -0.05) is 49.2 Å². The van der Waals surface area contributed by atoms with Crippen molar-refractivity contribution >= 4 is 0 Å². The van der Waals surface area contributed by atoms with E-state index in [-0.39, 0.29) is 0 Å². The van der Waals surface area contributed by atoms with Crippen LogP contribution in [0.15, 0.2) is 30.5 Å². The molecule has 1 aromatic heterocycles. The van der Waals surface area contributed by atoms with Crippen LogP contribution in [0.4, 0.5) is 0 Å². The van der Waals surface area contributed by atoms with Crippen molar-refractivity contribution < 1.29 is 4.74 Å². The van der Waals surface area contributed by atoms with Gasteiger partial charge in [-0.25, -0.2) is 4.68 Å². The summed E-state index contributed by atoms with van der Waals surface area (Å²) in [6.45, 7) is 5.78. The summed E-state index contributed by atoms with van der Waals surface area (Å²) in [5.74, 6) is 2.97. The molecule has 104 valence electrons. The number of nitrogens with zero attached hydrogens (tertiary/aromatic N) is 3. The monoisotopic (exact) mass is 269 g/mol. The Kier molecular flexibility index (Phi) is 4.91. The van der Waals surface area contributed by atoms with Crippen LogP contribution in [0.25, 0.3) is 0 Å². The van der Waals surface area contributed by atoms with Gasteiger partial charge in [0.1, 0.15) is 12.3 Å². The van der Waals surface area contributed by atoms with Gasteiger partial charge in [0.15, 0.2) is 0 Å². The molecule has 0 aliphatic carbocycles. The van der Waals surface area contributed by atoms with Crippen LogP contribution in [0.2, 0.25) is 0 Å². The molecule has 0 radical (unpaired) electrons. The van der Waals surface area contributed by atoms with Crippen molar-refractivity contribution in [2.75, 3.05) is 6.61 Å². The van der Waals surface area contributed by atoms with E-state index in [4.69, 9.17) is 11.2 Å². The first-order valence-corrected chi connectivity index (χ1v) is 6.68. The summed E-state index contributed by atoms with van der Waals surface area (Å²) in [6, 6.07) is 8.58. The number of aromatic nitrogens is 3. The van der Waals surface area contributed by atoms with E-state index in [0.717, 1.165) is 5.69 Å². The highest BCUT2D eigenvalue weighted by Gasteiger charge is 2.03. The SMILES string of the molecule is C#CCOCc1cn(Cc2ccc(C(C)C)cc2)nn1. The van der Waals surface area contributed by atoms with Crippen LogP contribution in [0, 0.1) is 12.3 Å². The van der Waals surface area contributed by atoms with E-state index in [2.05, 4.69) is 54.3 Å². The van der Waals surface area contributed by atoms with E-state index >= 15 is 0 Å². The molecule has 0 fully saturated rings. The van der Waals surface area contributed by atoms with E-state index in [1.54, 1.807) is 4.68 Å². The summed E-state index contributed by atoms with van der Waals surface area (Å²) in [5, 5.41) is 8.13. The fourth-order valence-corrected chi connectivity index (χ4v) is 1.89. The maximum atomic E-state index is 5.22. The highest BCUT2D eigenvalue weighted by atomic mass is 16.5. The Morgan fingerprint density at radius 2 is 2.05 bits per heavy atom. The Morgan fingerprint density at radius 1 is 1.30 bits per heavy atom. The molecule has 2 rings (SSSR count). The highest BCUT2D eigenvalue weighted by molar-refractivity contribution is 5.24. The largest absolute Gasteiger partial charge is 0.362 e. The molecule has 2 aromatic rings. The zero-order chi connectivity index (χ0) is 14.4. The maximum absolute atomic E-state index is 5.22. The van der Waals surface area contributed by atoms with Gasteiger partial charge in [-0.05, 0) is 17.0 Å². The van der Waals surface area contributed by atoms with E-state index in [1.165, 1.54) is 11.1 Å². The summed E-state index contributed by atoms with van der Waals surface area (Å²) in [5.41, 5.74) is 3.34. The molecular weight excluding hydrogens is 250 g/mol. The number of benzene rings is 1. The standard InChI is InChI=1S/C16H19N3O/c1-4-9-20-12-16-11-19(18-17-16)10-14-5-7-15(8-6-14)13(2)3/h1,5-8,11,13H,9-10,12H2,2-3H3. The van der Waals surface area contributed by atoms with Crippen molar-refractivity contribution in [2.45, 2.75) is 32.9 Å². The second-order valence-corrected chi connectivity index (χ2v) is 5.00. The average molecular weight is 269 g/mol. The molecule has 1 heterocycles. The molecular formula is C16H19N3O. The lowest BCUT2D eigenvalue weighted by atomic mass is 10.0. The highest BCUT2D eigenvalue weighted by Crippen LogP contribution is 2.15. The Bertz CT molecular complexity index is 579. The minimum absolute atomic E-state index is 0.295. The molecule has 0 aliphatic heterocycles. The lowest BCUT2D eigenvalue weighted by molar-refractivity contribution is 0.150. The molecule has 4 heteroatoms. The summed E-state index contributed by atoms with van der Waals surface area (Å²) in [6.07, 6.45) is 7.00. The van der Waals surface area contributed by atoms with Crippen molar-refractivity contribution in [1.29, 1.82) is 0 Å². The normalized spacial score (nSPS) is 10.7. The summed E-state index contributed by atoms with van der Waals surface area (Å²) < 4.78 is 7.03. The van der Waals surface area contributed by atoms with E-state index in [9.17, 15) is 0 Å². The minimum Gasteiger partial charge on any atom is -0.362 e. The third-order valence-electron chi connectivity index (χ3n) is 3.01. The predicted molar refractivity (Wildman–Crippen MR) is 78.1 cm³/mol. The molecule has 0 aliphatic rings. The van der Waals surface area contributed by atoms with E-state index in [0.29, 0.717) is 25.7 Å². The zero-order valence-corrected chi connectivity index (χ0v) is 11.9. The molecule has 0 atom stereocenters. The van der Waals surface area contributed by atoms with Gasteiger partial charge in [0, 0.05) is 0 Å². The topological polar surface area (TPSA) is 39.9 Å². The fraction of sp³-hybridized carbons (Fsp3) is 0.375. The van der Waals surface area contributed by atoms with Crippen LogP contribution in [0.1, 0.15) is 36.6 Å². The first-order valence-electron chi connectivity index (χ1n) is 6.68. The van der Waals surface area contributed by atoms with Crippen molar-refractivity contribution in [3.05, 3.63) is 47.3 Å². The third-order valence-corrected chi connectivity index (χ3v) is 3.01. The van der Waals surface area contributed by atoms with Gasteiger partial charge >= 0.3 is 0 Å². The van der Waals surface area contributed by atoms with Gasteiger partial charge in [-0.3, -0.25) is 0 Å². The summed E-state index contributed by atoms with van der Waals surface area (Å²) in [7, 11) is 0. The van der Waals surface area contributed by atoms with Gasteiger partial charge in [-0.2, -0.15) is 0 Å². The van der Waals surface area contributed by atoms with E-state index < -0.39 is 0 Å².